The van der Waals surface area contributed by atoms with Gasteiger partial charge in [0, 0.05) is 10.9 Å². The predicted molar refractivity (Wildman–Crippen MR) is 189 cm³/mol. The molecule has 0 radical (unpaired) electrons. The van der Waals surface area contributed by atoms with Gasteiger partial charge in [-0.25, -0.2) is 9.78 Å². The highest BCUT2D eigenvalue weighted by Crippen LogP contribution is 2.27. The molecule has 1 aliphatic rings. The molecule has 0 amide bonds. The van der Waals surface area contributed by atoms with E-state index in [1.807, 2.05) is 64.1 Å². The first kappa shape index (κ1) is 36.5. The number of aromatic nitrogens is 1. The van der Waals surface area contributed by atoms with Crippen LogP contribution in [0.15, 0.2) is 65.1 Å². The lowest BCUT2D eigenvalue weighted by Crippen LogP contribution is -2.34. The van der Waals surface area contributed by atoms with Crippen molar-refractivity contribution >= 4 is 21.9 Å². The Labute approximate surface area is 287 Å². The van der Waals surface area contributed by atoms with Crippen LogP contribution in [-0.2, 0) is 37.5 Å². The molecule has 1 unspecified atom stereocenters. The van der Waals surface area contributed by atoms with Gasteiger partial charge in [0.1, 0.15) is 11.5 Å². The standard InChI is InChI=1S/C30H37NO6.C9H11Br/c1-19-7-5-8-23(13-19)29-31-27(22(4)37-29)17-34-25-9-6-10-26(15-25)35-18-28(30(32)33)36-16-24-14-20(2)11-12-21(24)3;1-7-3-4-8(2)9(5-7)6-10/h5,7-8,11-14,25-26,28H,6,9-10,15-18H2,1-4H3,(H,32,33);3-5H,6H2,1-2H3/t25-,26+,28?;/m0./s1. The lowest BCUT2D eigenvalue weighted by Gasteiger charge is -2.30. The van der Waals surface area contributed by atoms with E-state index in [0.717, 1.165) is 63.9 Å². The molecule has 3 aromatic carbocycles. The lowest BCUT2D eigenvalue weighted by molar-refractivity contribution is -0.159. The van der Waals surface area contributed by atoms with Crippen molar-refractivity contribution in [1.29, 1.82) is 0 Å². The topological polar surface area (TPSA) is 91.0 Å². The number of carbonyl (C=O) groups is 1. The molecule has 0 aliphatic heterocycles. The Bertz CT molecular complexity index is 1620. The fraction of sp³-hybridized carbons (Fsp3) is 0.436. The number of oxazole rings is 1. The summed E-state index contributed by atoms with van der Waals surface area (Å²) in [4.78, 5) is 16.4. The smallest absolute Gasteiger partial charge is 0.335 e. The van der Waals surface area contributed by atoms with Crippen LogP contribution in [0, 0.1) is 41.5 Å². The van der Waals surface area contributed by atoms with Crippen LogP contribution in [0.4, 0.5) is 0 Å². The Morgan fingerprint density at radius 3 is 2.15 bits per heavy atom. The Morgan fingerprint density at radius 1 is 0.872 bits per heavy atom. The number of aliphatic carboxylic acids is 1. The van der Waals surface area contributed by atoms with E-state index in [9.17, 15) is 9.90 Å². The summed E-state index contributed by atoms with van der Waals surface area (Å²) < 4.78 is 23.8. The van der Waals surface area contributed by atoms with Crippen LogP contribution in [0.5, 0.6) is 0 Å². The highest BCUT2D eigenvalue weighted by Gasteiger charge is 2.27. The molecule has 0 saturated heterocycles. The maximum atomic E-state index is 11.8. The Hall–Kier alpha value is -3.30. The second-order valence-electron chi connectivity index (χ2n) is 12.6. The third kappa shape index (κ3) is 11.1. The maximum absolute atomic E-state index is 11.8. The number of carboxylic acids is 1. The molecule has 1 aliphatic carbocycles. The normalized spacial score (nSPS) is 16.7. The molecule has 5 rings (SSSR count). The molecule has 1 N–H and O–H groups in total. The van der Waals surface area contributed by atoms with Crippen molar-refractivity contribution in [3.63, 3.8) is 0 Å². The third-order valence-electron chi connectivity index (χ3n) is 8.54. The van der Waals surface area contributed by atoms with Gasteiger partial charge in [0.2, 0.25) is 5.89 Å². The second kappa shape index (κ2) is 17.7. The van der Waals surface area contributed by atoms with Crippen molar-refractivity contribution in [2.45, 2.75) is 104 Å². The van der Waals surface area contributed by atoms with Crippen molar-refractivity contribution in [2.24, 2.45) is 0 Å². The van der Waals surface area contributed by atoms with Gasteiger partial charge < -0.3 is 23.7 Å². The molecule has 1 fully saturated rings. The summed E-state index contributed by atoms with van der Waals surface area (Å²) in [5.41, 5.74) is 10.2. The summed E-state index contributed by atoms with van der Waals surface area (Å²) in [5, 5.41) is 10.6. The molecule has 1 aromatic heterocycles. The van der Waals surface area contributed by atoms with E-state index in [2.05, 4.69) is 59.0 Å². The number of carboxylic acid groups (broad SMARTS) is 1. The molecular weight excluding hydrogens is 658 g/mol. The Morgan fingerprint density at radius 2 is 1.51 bits per heavy atom. The number of rotatable bonds is 12. The number of benzene rings is 3. The zero-order valence-electron chi connectivity index (χ0n) is 28.5. The zero-order valence-corrected chi connectivity index (χ0v) is 30.1. The molecule has 47 heavy (non-hydrogen) atoms. The number of hydrogen-bond donors (Lipinski definition) is 1. The van der Waals surface area contributed by atoms with Crippen molar-refractivity contribution in [2.75, 3.05) is 6.61 Å². The van der Waals surface area contributed by atoms with E-state index in [-0.39, 0.29) is 25.4 Å². The van der Waals surface area contributed by atoms with Gasteiger partial charge in [-0.15, -0.1) is 0 Å². The minimum atomic E-state index is -1.01. The monoisotopic (exact) mass is 705 g/mol. The number of aryl methyl sites for hydroxylation is 6. The minimum Gasteiger partial charge on any atom is -0.479 e. The highest BCUT2D eigenvalue weighted by atomic mass is 79.9. The minimum absolute atomic E-state index is 0.0137. The summed E-state index contributed by atoms with van der Waals surface area (Å²) in [6.07, 6.45) is 2.44. The van der Waals surface area contributed by atoms with Crippen LogP contribution in [0.3, 0.4) is 0 Å². The van der Waals surface area contributed by atoms with E-state index >= 15 is 0 Å². The van der Waals surface area contributed by atoms with Crippen molar-refractivity contribution in [3.8, 4) is 11.5 Å². The molecular formula is C39H48BrNO6. The fourth-order valence-corrected chi connectivity index (χ4v) is 6.17. The Balaban J connectivity index is 0.000000427. The molecule has 3 atom stereocenters. The van der Waals surface area contributed by atoms with Gasteiger partial charge in [-0.1, -0.05) is 81.2 Å². The van der Waals surface area contributed by atoms with Crippen LogP contribution >= 0.6 is 15.9 Å². The Kier molecular flexibility index (Phi) is 13.8. The van der Waals surface area contributed by atoms with E-state index in [1.54, 1.807) is 0 Å². The summed E-state index contributed by atoms with van der Waals surface area (Å²) in [6, 6.07) is 20.7. The van der Waals surface area contributed by atoms with Gasteiger partial charge in [0.25, 0.3) is 0 Å². The van der Waals surface area contributed by atoms with Crippen LogP contribution in [0.25, 0.3) is 11.5 Å². The van der Waals surface area contributed by atoms with E-state index in [4.69, 9.17) is 18.6 Å². The number of hydrogen-bond acceptors (Lipinski definition) is 6. The van der Waals surface area contributed by atoms with Crippen molar-refractivity contribution in [3.05, 3.63) is 111 Å². The van der Waals surface area contributed by atoms with Crippen LogP contribution < -0.4 is 0 Å². The average molecular weight is 707 g/mol. The molecule has 1 saturated carbocycles. The van der Waals surface area contributed by atoms with Crippen molar-refractivity contribution in [1.82, 2.24) is 4.98 Å². The van der Waals surface area contributed by atoms with Crippen LogP contribution in [0.2, 0.25) is 0 Å². The van der Waals surface area contributed by atoms with E-state index in [1.165, 1.54) is 16.7 Å². The van der Waals surface area contributed by atoms with Gasteiger partial charge in [0.05, 0.1) is 32.0 Å². The average Bonchev–Trinajstić information content (AvgIpc) is 3.43. The van der Waals surface area contributed by atoms with Gasteiger partial charge in [-0.3, -0.25) is 0 Å². The quantitative estimate of drug-likeness (QED) is 0.147. The molecule has 0 spiro atoms. The maximum Gasteiger partial charge on any atom is 0.335 e. The molecule has 4 aromatic rings. The van der Waals surface area contributed by atoms with E-state index < -0.39 is 12.1 Å². The summed E-state index contributed by atoms with van der Waals surface area (Å²) >= 11 is 3.44. The van der Waals surface area contributed by atoms with Crippen molar-refractivity contribution < 1.29 is 28.5 Å². The number of alkyl halides is 1. The molecule has 0 bridgehead atoms. The third-order valence-corrected chi connectivity index (χ3v) is 9.15. The van der Waals surface area contributed by atoms with Gasteiger partial charge in [0.15, 0.2) is 6.10 Å². The molecule has 7 nitrogen and oxygen atoms in total. The number of nitrogens with zero attached hydrogens (tertiary/aromatic N) is 1. The lowest BCUT2D eigenvalue weighted by atomic mass is 9.95. The highest BCUT2D eigenvalue weighted by molar-refractivity contribution is 9.08. The summed E-state index contributed by atoms with van der Waals surface area (Å²) in [7, 11) is 0. The number of ether oxygens (including phenoxy) is 3. The first-order chi connectivity index (χ1) is 22.5. The summed E-state index contributed by atoms with van der Waals surface area (Å²) in [6.45, 7) is 12.8. The predicted octanol–water partition coefficient (Wildman–Crippen LogP) is 9.29. The molecule has 252 valence electrons. The fourth-order valence-electron chi connectivity index (χ4n) is 5.57. The van der Waals surface area contributed by atoms with E-state index in [0.29, 0.717) is 18.9 Å². The SMILES string of the molecule is Cc1ccc(C)c(CBr)c1.Cc1cccc(-c2nc(CO[C@H]3CCC[C@@H](OCC(OCc4cc(C)ccc4C)C(=O)O)C3)c(C)o2)c1. The molecule has 8 heteroatoms. The van der Waals surface area contributed by atoms with Gasteiger partial charge >= 0.3 is 5.97 Å². The first-order valence-electron chi connectivity index (χ1n) is 16.3. The van der Waals surface area contributed by atoms with Crippen LogP contribution in [0.1, 0.15) is 76.1 Å². The van der Waals surface area contributed by atoms with Crippen LogP contribution in [-0.4, -0.2) is 41.0 Å². The largest absolute Gasteiger partial charge is 0.479 e. The summed E-state index contributed by atoms with van der Waals surface area (Å²) in [5.74, 6) is 0.343. The first-order valence-corrected chi connectivity index (χ1v) is 17.4. The second-order valence-corrected chi connectivity index (χ2v) is 13.1. The molecule has 1 heterocycles. The zero-order chi connectivity index (χ0) is 33.9. The number of halogens is 1. The van der Waals surface area contributed by atoms with Gasteiger partial charge in [-0.2, -0.15) is 0 Å². The van der Waals surface area contributed by atoms with Gasteiger partial charge in [-0.05, 0) is 102 Å².